The molecule has 0 aliphatic heterocycles. The van der Waals surface area contributed by atoms with Gasteiger partial charge < -0.3 is 10.6 Å². The Morgan fingerprint density at radius 3 is 2.77 bits per heavy atom. The number of hydrogen-bond acceptors (Lipinski definition) is 4. The van der Waals surface area contributed by atoms with Crippen LogP contribution in [0.1, 0.15) is 31.4 Å². The fourth-order valence-electron chi connectivity index (χ4n) is 2.78. The Morgan fingerprint density at radius 1 is 1.27 bits per heavy atom. The number of amides is 3. The fraction of sp³-hybridized carbons (Fsp3) is 0.353. The third-order valence-corrected chi connectivity index (χ3v) is 5.10. The first-order valence-corrected chi connectivity index (χ1v) is 9.52. The van der Waals surface area contributed by atoms with Crippen molar-refractivity contribution in [1.82, 2.24) is 10.3 Å². The summed E-state index contributed by atoms with van der Waals surface area (Å²) in [7, 11) is 0. The second-order valence-corrected chi connectivity index (χ2v) is 7.34. The highest BCUT2D eigenvalue weighted by atomic mass is 35.5. The molecule has 1 aliphatic carbocycles. The molecule has 3 rings (SSSR count). The van der Waals surface area contributed by atoms with E-state index in [-0.39, 0.29) is 29.4 Å². The zero-order chi connectivity index (χ0) is 18.5. The van der Waals surface area contributed by atoms with Gasteiger partial charge in [0.25, 0.3) is 0 Å². The molecule has 138 valence electrons. The molecule has 9 heteroatoms. The Bertz CT molecular complexity index is 808. The predicted molar refractivity (Wildman–Crippen MR) is 100 cm³/mol. The van der Waals surface area contributed by atoms with Gasteiger partial charge in [0, 0.05) is 17.1 Å². The number of thiazole rings is 1. The molecule has 3 N–H and O–H groups in total. The molecule has 6 nitrogen and oxygen atoms in total. The van der Waals surface area contributed by atoms with Crippen molar-refractivity contribution in [2.24, 2.45) is 0 Å². The number of benzene rings is 1. The fourth-order valence-corrected chi connectivity index (χ4v) is 3.66. The molecular formula is C17H18ClFN4O2S. The largest absolute Gasteiger partial charge is 0.335 e. The van der Waals surface area contributed by atoms with Crippen LogP contribution in [0.4, 0.5) is 20.0 Å². The average molecular weight is 397 g/mol. The first-order chi connectivity index (χ1) is 12.5. The number of anilines is 2. The van der Waals surface area contributed by atoms with Gasteiger partial charge >= 0.3 is 6.03 Å². The summed E-state index contributed by atoms with van der Waals surface area (Å²) in [5.41, 5.74) is 0.947. The van der Waals surface area contributed by atoms with E-state index in [1.54, 1.807) is 5.38 Å². The molecule has 1 aromatic carbocycles. The van der Waals surface area contributed by atoms with Crippen molar-refractivity contribution in [1.29, 1.82) is 0 Å². The molecule has 0 saturated heterocycles. The van der Waals surface area contributed by atoms with Crippen molar-refractivity contribution in [2.75, 3.05) is 10.6 Å². The zero-order valence-corrected chi connectivity index (χ0v) is 15.4. The van der Waals surface area contributed by atoms with Gasteiger partial charge in [0.15, 0.2) is 5.13 Å². The van der Waals surface area contributed by atoms with Crippen molar-refractivity contribution in [3.8, 4) is 0 Å². The van der Waals surface area contributed by atoms with Crippen LogP contribution >= 0.6 is 22.9 Å². The van der Waals surface area contributed by atoms with E-state index < -0.39 is 5.82 Å². The first kappa shape index (κ1) is 18.6. The highest BCUT2D eigenvalue weighted by Gasteiger charge is 2.18. The van der Waals surface area contributed by atoms with Gasteiger partial charge in [-0.1, -0.05) is 24.4 Å². The zero-order valence-electron chi connectivity index (χ0n) is 13.9. The SMILES string of the molecule is O=C(Cc1csc(NC(=O)NC2CCCC2)n1)Nc1ccc(F)c(Cl)c1. The van der Waals surface area contributed by atoms with Crippen molar-refractivity contribution in [3.05, 3.63) is 40.1 Å². The Kier molecular flexibility index (Phi) is 6.05. The second-order valence-electron chi connectivity index (χ2n) is 6.08. The van der Waals surface area contributed by atoms with Crippen molar-refractivity contribution in [2.45, 2.75) is 38.1 Å². The van der Waals surface area contributed by atoms with Gasteiger partial charge in [-0.25, -0.2) is 14.2 Å². The molecule has 0 spiro atoms. The van der Waals surface area contributed by atoms with Gasteiger partial charge in [0.2, 0.25) is 5.91 Å². The van der Waals surface area contributed by atoms with Gasteiger partial charge in [0.05, 0.1) is 17.1 Å². The summed E-state index contributed by atoms with van der Waals surface area (Å²) >= 11 is 6.94. The van der Waals surface area contributed by atoms with Crippen LogP contribution in [0.3, 0.4) is 0 Å². The van der Waals surface area contributed by atoms with Crippen LogP contribution in [0.15, 0.2) is 23.6 Å². The molecule has 1 aliphatic rings. The Morgan fingerprint density at radius 2 is 2.04 bits per heavy atom. The quantitative estimate of drug-likeness (QED) is 0.708. The molecule has 26 heavy (non-hydrogen) atoms. The number of nitrogens with one attached hydrogen (secondary N) is 3. The van der Waals surface area contributed by atoms with Crippen LogP contribution < -0.4 is 16.0 Å². The molecular weight excluding hydrogens is 379 g/mol. The summed E-state index contributed by atoms with van der Waals surface area (Å²) in [6.45, 7) is 0. The van der Waals surface area contributed by atoms with E-state index in [2.05, 4.69) is 20.9 Å². The highest BCUT2D eigenvalue weighted by molar-refractivity contribution is 7.13. The Hall–Kier alpha value is -2.19. The molecule has 1 heterocycles. The number of rotatable bonds is 5. The summed E-state index contributed by atoms with van der Waals surface area (Å²) in [5.74, 6) is -0.851. The van der Waals surface area contributed by atoms with Crippen LogP contribution in [0.2, 0.25) is 5.02 Å². The van der Waals surface area contributed by atoms with Crippen LogP contribution in [0, 0.1) is 5.82 Å². The van der Waals surface area contributed by atoms with Crippen LogP contribution in [0.5, 0.6) is 0 Å². The topological polar surface area (TPSA) is 83.1 Å². The number of hydrogen-bond donors (Lipinski definition) is 3. The van der Waals surface area contributed by atoms with Gasteiger partial charge in [-0.3, -0.25) is 10.1 Å². The first-order valence-electron chi connectivity index (χ1n) is 8.26. The maximum Gasteiger partial charge on any atom is 0.321 e. The lowest BCUT2D eigenvalue weighted by Gasteiger charge is -2.11. The number of carbonyl (C=O) groups is 2. The summed E-state index contributed by atoms with van der Waals surface area (Å²) in [6.07, 6.45) is 4.33. The molecule has 0 radical (unpaired) electrons. The molecule has 0 bridgehead atoms. The highest BCUT2D eigenvalue weighted by Crippen LogP contribution is 2.21. The standard InChI is InChI=1S/C17H18ClFN4O2S/c18-13-7-11(5-6-14(13)19)20-15(24)8-12-9-26-17(22-12)23-16(25)21-10-3-1-2-4-10/h5-7,9-10H,1-4,8H2,(H,20,24)(H2,21,22,23,25). The normalized spacial score (nSPS) is 14.2. The van der Waals surface area contributed by atoms with Gasteiger partial charge in [-0.05, 0) is 31.0 Å². The van der Waals surface area contributed by atoms with Crippen molar-refractivity contribution < 1.29 is 14.0 Å². The molecule has 1 aromatic heterocycles. The van der Waals surface area contributed by atoms with Gasteiger partial charge in [-0.15, -0.1) is 11.3 Å². The number of carbonyl (C=O) groups excluding carboxylic acids is 2. The number of aromatic nitrogens is 1. The molecule has 1 saturated carbocycles. The molecule has 2 aromatic rings. The molecule has 0 unspecified atom stereocenters. The van der Waals surface area contributed by atoms with Crippen LogP contribution in [0.25, 0.3) is 0 Å². The lowest BCUT2D eigenvalue weighted by atomic mass is 10.2. The van der Waals surface area contributed by atoms with E-state index in [0.717, 1.165) is 25.7 Å². The maximum atomic E-state index is 13.1. The van der Waals surface area contributed by atoms with E-state index in [1.807, 2.05) is 0 Å². The van der Waals surface area contributed by atoms with E-state index in [9.17, 15) is 14.0 Å². The smallest absolute Gasteiger partial charge is 0.321 e. The summed E-state index contributed by atoms with van der Waals surface area (Å²) in [6, 6.07) is 3.91. The van der Waals surface area contributed by atoms with Gasteiger partial charge in [-0.2, -0.15) is 0 Å². The lowest BCUT2D eigenvalue weighted by molar-refractivity contribution is -0.115. The predicted octanol–water partition coefficient (Wildman–Crippen LogP) is 4.18. The third-order valence-electron chi connectivity index (χ3n) is 4.01. The van der Waals surface area contributed by atoms with Crippen molar-refractivity contribution in [3.63, 3.8) is 0 Å². The minimum Gasteiger partial charge on any atom is -0.335 e. The summed E-state index contributed by atoms with van der Waals surface area (Å²) < 4.78 is 13.1. The number of nitrogens with zero attached hydrogens (tertiary/aromatic N) is 1. The molecule has 3 amide bonds. The molecule has 0 atom stereocenters. The van der Waals surface area contributed by atoms with E-state index in [1.165, 1.54) is 29.5 Å². The monoisotopic (exact) mass is 396 g/mol. The summed E-state index contributed by atoms with van der Waals surface area (Å²) in [5, 5.41) is 10.3. The number of halogens is 2. The summed E-state index contributed by atoms with van der Waals surface area (Å²) in [4.78, 5) is 28.2. The minimum atomic E-state index is -0.546. The maximum absolute atomic E-state index is 13.1. The average Bonchev–Trinajstić information content (AvgIpc) is 3.23. The second kappa shape index (κ2) is 8.46. The van der Waals surface area contributed by atoms with E-state index in [4.69, 9.17) is 11.6 Å². The van der Waals surface area contributed by atoms with Crippen molar-refractivity contribution >= 4 is 45.7 Å². The Labute approximate surface area is 159 Å². The van der Waals surface area contributed by atoms with Crippen LogP contribution in [-0.4, -0.2) is 23.0 Å². The number of urea groups is 1. The Balaban J connectivity index is 1.50. The third kappa shape index (κ3) is 5.15. The van der Waals surface area contributed by atoms with Gasteiger partial charge in [0.1, 0.15) is 5.82 Å². The molecule has 1 fully saturated rings. The van der Waals surface area contributed by atoms with Crippen LogP contribution in [-0.2, 0) is 11.2 Å². The van der Waals surface area contributed by atoms with E-state index >= 15 is 0 Å². The van der Waals surface area contributed by atoms with E-state index in [0.29, 0.717) is 16.5 Å². The lowest BCUT2D eigenvalue weighted by Crippen LogP contribution is -2.36. The minimum absolute atomic E-state index is 0.0391.